The van der Waals surface area contributed by atoms with Gasteiger partial charge in [-0.3, -0.25) is 16.1 Å². The van der Waals surface area contributed by atoms with Gasteiger partial charge in [-0.05, 0) is 6.92 Å². The average molecular weight is 194 g/mol. The van der Waals surface area contributed by atoms with Gasteiger partial charge in [0, 0.05) is 24.5 Å². The van der Waals surface area contributed by atoms with Crippen LogP contribution in [0.2, 0.25) is 0 Å². The quantitative estimate of drug-likeness (QED) is 0.272. The Bertz CT molecular complexity index is 111. The second-order valence-electron chi connectivity index (χ2n) is 2.05. The van der Waals surface area contributed by atoms with Crippen LogP contribution in [0, 0.1) is 0 Å². The number of Topliss-reactive ketones (excluding diaryl/α,β-unsaturated/α-hetero) is 1. The lowest BCUT2D eigenvalue weighted by Crippen LogP contribution is -2.24. The van der Waals surface area contributed by atoms with E-state index in [1.807, 2.05) is 0 Å². The van der Waals surface area contributed by atoms with Crippen LogP contribution in [-0.2, 0) is 4.79 Å². The molecule has 0 radical (unpaired) electrons. The van der Waals surface area contributed by atoms with E-state index in [0.717, 1.165) is 18.1 Å². The number of carbonyl (C=O) groups excluding carboxylic acids is 1. The topological polar surface area (TPSA) is 55.1 Å². The fraction of sp³-hybridized carbons (Fsp3) is 0.833. The van der Waals surface area contributed by atoms with Gasteiger partial charge in [0.15, 0.2) is 0 Å². The molecule has 5 heteroatoms. The van der Waals surface area contributed by atoms with Crippen LogP contribution < -0.4 is 11.3 Å². The van der Waals surface area contributed by atoms with Crippen LogP contribution >= 0.6 is 21.6 Å². The molecule has 0 saturated heterocycles. The third-order valence-corrected chi connectivity index (χ3v) is 3.36. The number of hydrogen-bond donors (Lipinski definition) is 2. The first kappa shape index (κ1) is 11.3. The Morgan fingerprint density at radius 3 is 2.64 bits per heavy atom. The lowest BCUT2D eigenvalue weighted by molar-refractivity contribution is -0.116. The van der Waals surface area contributed by atoms with Crippen LogP contribution in [0.3, 0.4) is 0 Å². The van der Waals surface area contributed by atoms with E-state index in [-0.39, 0.29) is 5.78 Å². The van der Waals surface area contributed by atoms with Gasteiger partial charge in [-0.25, -0.2) is 0 Å². The SMILES string of the molecule is CC(=O)CCSSCCNN. The van der Waals surface area contributed by atoms with E-state index >= 15 is 0 Å². The van der Waals surface area contributed by atoms with Crippen LogP contribution in [0.25, 0.3) is 0 Å². The molecule has 0 heterocycles. The van der Waals surface area contributed by atoms with Crippen molar-refractivity contribution in [1.82, 2.24) is 5.43 Å². The van der Waals surface area contributed by atoms with Gasteiger partial charge in [0.1, 0.15) is 5.78 Å². The molecule has 11 heavy (non-hydrogen) atoms. The Labute approximate surface area is 75.2 Å². The van der Waals surface area contributed by atoms with Crippen molar-refractivity contribution in [2.75, 3.05) is 18.1 Å². The summed E-state index contributed by atoms with van der Waals surface area (Å²) in [4.78, 5) is 10.5. The predicted molar refractivity (Wildman–Crippen MR) is 52.4 cm³/mol. The molecule has 66 valence electrons. The molecule has 0 saturated carbocycles. The highest BCUT2D eigenvalue weighted by atomic mass is 33.1. The summed E-state index contributed by atoms with van der Waals surface area (Å²) in [7, 11) is 3.46. The second-order valence-corrected chi connectivity index (χ2v) is 4.75. The van der Waals surface area contributed by atoms with E-state index in [1.54, 1.807) is 28.5 Å². The summed E-state index contributed by atoms with van der Waals surface area (Å²) >= 11 is 0. The highest BCUT2D eigenvalue weighted by Gasteiger charge is 1.93. The van der Waals surface area contributed by atoms with Crippen molar-refractivity contribution >= 4 is 27.4 Å². The minimum Gasteiger partial charge on any atom is -0.300 e. The van der Waals surface area contributed by atoms with Crippen molar-refractivity contribution in [3.8, 4) is 0 Å². The third-order valence-electron chi connectivity index (χ3n) is 0.951. The number of ketones is 1. The first-order chi connectivity index (χ1) is 5.27. The minimum absolute atomic E-state index is 0.259. The zero-order valence-electron chi connectivity index (χ0n) is 6.63. The molecule has 0 atom stereocenters. The number of carbonyl (C=O) groups is 1. The molecular weight excluding hydrogens is 180 g/mol. The van der Waals surface area contributed by atoms with Crippen molar-refractivity contribution in [1.29, 1.82) is 0 Å². The maximum atomic E-state index is 10.5. The van der Waals surface area contributed by atoms with Gasteiger partial charge in [-0.15, -0.1) is 0 Å². The number of rotatable bonds is 7. The molecule has 0 bridgehead atoms. The van der Waals surface area contributed by atoms with E-state index in [9.17, 15) is 4.79 Å². The molecule has 3 nitrogen and oxygen atoms in total. The molecule has 0 unspecified atom stereocenters. The summed E-state index contributed by atoms with van der Waals surface area (Å²) in [6, 6.07) is 0. The van der Waals surface area contributed by atoms with Crippen LogP contribution in [0.1, 0.15) is 13.3 Å². The first-order valence-corrected chi connectivity index (χ1v) is 5.93. The van der Waals surface area contributed by atoms with E-state index in [1.165, 1.54) is 0 Å². The summed E-state index contributed by atoms with van der Waals surface area (Å²) in [5.74, 6) is 7.22. The normalized spacial score (nSPS) is 10.0. The van der Waals surface area contributed by atoms with Gasteiger partial charge in [0.25, 0.3) is 0 Å². The maximum absolute atomic E-state index is 10.5. The lowest BCUT2D eigenvalue weighted by Gasteiger charge is -1.98. The van der Waals surface area contributed by atoms with Gasteiger partial charge in [-0.2, -0.15) is 0 Å². The molecule has 0 rings (SSSR count). The minimum atomic E-state index is 0.259. The summed E-state index contributed by atoms with van der Waals surface area (Å²) in [6.07, 6.45) is 0.674. The number of nitrogens with one attached hydrogen (secondary N) is 1. The Morgan fingerprint density at radius 1 is 1.45 bits per heavy atom. The van der Waals surface area contributed by atoms with Crippen LogP contribution in [-0.4, -0.2) is 23.8 Å². The number of hydrazine groups is 1. The molecule has 0 aliphatic heterocycles. The van der Waals surface area contributed by atoms with Gasteiger partial charge >= 0.3 is 0 Å². The predicted octanol–water partition coefficient (Wildman–Crippen LogP) is 0.810. The average Bonchev–Trinajstić information content (AvgIpc) is 1.96. The van der Waals surface area contributed by atoms with Crippen molar-refractivity contribution in [3.63, 3.8) is 0 Å². The molecule has 0 aromatic heterocycles. The Balaban J connectivity index is 2.85. The largest absolute Gasteiger partial charge is 0.300 e. The summed E-state index contributed by atoms with van der Waals surface area (Å²) in [5, 5.41) is 0. The Kier molecular flexibility index (Phi) is 8.61. The molecule has 0 fully saturated rings. The Hall–Kier alpha value is 0.290. The van der Waals surface area contributed by atoms with Gasteiger partial charge in [-0.1, -0.05) is 21.6 Å². The van der Waals surface area contributed by atoms with E-state index in [2.05, 4.69) is 5.43 Å². The lowest BCUT2D eigenvalue weighted by atomic mass is 10.4. The van der Waals surface area contributed by atoms with Crippen LogP contribution in [0.4, 0.5) is 0 Å². The van der Waals surface area contributed by atoms with Crippen molar-refractivity contribution in [2.45, 2.75) is 13.3 Å². The van der Waals surface area contributed by atoms with E-state index in [0.29, 0.717) is 6.42 Å². The van der Waals surface area contributed by atoms with E-state index in [4.69, 9.17) is 5.84 Å². The summed E-state index contributed by atoms with van der Waals surface area (Å²) in [6.45, 7) is 2.43. The van der Waals surface area contributed by atoms with Gasteiger partial charge in [0.2, 0.25) is 0 Å². The molecule has 0 spiro atoms. The standard InChI is InChI=1S/C6H14N2OS2/c1-6(9)2-4-10-11-5-3-8-7/h8H,2-5,7H2,1H3. The summed E-state index contributed by atoms with van der Waals surface area (Å²) < 4.78 is 0. The summed E-state index contributed by atoms with van der Waals surface area (Å²) in [5.41, 5.74) is 2.57. The molecular formula is C6H14N2OS2. The smallest absolute Gasteiger partial charge is 0.130 e. The monoisotopic (exact) mass is 194 g/mol. The van der Waals surface area contributed by atoms with Crippen LogP contribution in [0.15, 0.2) is 0 Å². The second kappa shape index (κ2) is 8.39. The van der Waals surface area contributed by atoms with Gasteiger partial charge in [0.05, 0.1) is 0 Å². The zero-order chi connectivity index (χ0) is 8.53. The highest BCUT2D eigenvalue weighted by molar-refractivity contribution is 8.76. The third kappa shape index (κ3) is 10.3. The first-order valence-electron chi connectivity index (χ1n) is 3.44. The molecule has 0 aliphatic rings. The van der Waals surface area contributed by atoms with Crippen molar-refractivity contribution in [2.24, 2.45) is 5.84 Å². The maximum Gasteiger partial charge on any atom is 0.130 e. The molecule has 0 aromatic rings. The zero-order valence-corrected chi connectivity index (χ0v) is 8.26. The molecule has 0 aromatic carbocycles. The molecule has 0 amide bonds. The van der Waals surface area contributed by atoms with Crippen LogP contribution in [0.5, 0.6) is 0 Å². The van der Waals surface area contributed by atoms with Crippen molar-refractivity contribution < 1.29 is 4.79 Å². The van der Waals surface area contributed by atoms with Crippen molar-refractivity contribution in [3.05, 3.63) is 0 Å². The molecule has 0 aliphatic carbocycles. The van der Waals surface area contributed by atoms with E-state index < -0.39 is 0 Å². The molecule has 3 N–H and O–H groups in total. The highest BCUT2D eigenvalue weighted by Crippen LogP contribution is 2.20. The fourth-order valence-electron chi connectivity index (χ4n) is 0.404. The number of hydrogen-bond acceptors (Lipinski definition) is 5. The fourth-order valence-corrected chi connectivity index (χ4v) is 2.42. The number of nitrogens with two attached hydrogens (primary N) is 1. The Morgan fingerprint density at radius 2 is 2.09 bits per heavy atom. The van der Waals surface area contributed by atoms with Gasteiger partial charge < -0.3 is 0 Å².